The van der Waals surface area contributed by atoms with Gasteiger partial charge in [0.05, 0.1) is 17.3 Å². The number of rotatable bonds is 4. The van der Waals surface area contributed by atoms with Crippen LogP contribution in [0.3, 0.4) is 0 Å². The topological polar surface area (TPSA) is 67.2 Å². The maximum absolute atomic E-state index is 13.9. The molecular weight excluding hydrogens is 403 g/mol. The van der Waals surface area contributed by atoms with Crippen LogP contribution in [-0.4, -0.2) is 46.1 Å². The standard InChI is InChI=1S/C18H20BrFN4O2/c1-23-11-13(10-22-23)17(25)21-9-12-4-6-24(7-5-12)18(26)15-8-14(19)2-3-16(15)20/h2-3,8,10-12H,4-7,9H2,1H3,(H,21,25). The first-order chi connectivity index (χ1) is 12.4. The highest BCUT2D eigenvalue weighted by molar-refractivity contribution is 9.10. The molecule has 2 amide bonds. The predicted molar refractivity (Wildman–Crippen MR) is 98.3 cm³/mol. The maximum atomic E-state index is 13.9. The largest absolute Gasteiger partial charge is 0.352 e. The maximum Gasteiger partial charge on any atom is 0.256 e. The number of amides is 2. The van der Waals surface area contributed by atoms with Crippen LogP contribution in [0.15, 0.2) is 35.1 Å². The third-order valence-corrected chi connectivity index (χ3v) is 5.07. The van der Waals surface area contributed by atoms with Gasteiger partial charge in [-0.3, -0.25) is 14.3 Å². The van der Waals surface area contributed by atoms with Crippen LogP contribution in [0.2, 0.25) is 0 Å². The number of hydrogen-bond donors (Lipinski definition) is 1. The molecule has 1 aliphatic heterocycles. The smallest absolute Gasteiger partial charge is 0.256 e. The lowest BCUT2D eigenvalue weighted by Crippen LogP contribution is -2.41. The van der Waals surface area contributed by atoms with E-state index in [1.54, 1.807) is 28.9 Å². The van der Waals surface area contributed by atoms with E-state index < -0.39 is 5.82 Å². The Labute approximate surface area is 159 Å². The molecule has 1 fully saturated rings. The average Bonchev–Trinajstić information content (AvgIpc) is 3.08. The van der Waals surface area contributed by atoms with Crippen LogP contribution in [0, 0.1) is 11.7 Å². The first-order valence-electron chi connectivity index (χ1n) is 8.45. The van der Waals surface area contributed by atoms with Crippen molar-refractivity contribution in [3.63, 3.8) is 0 Å². The Morgan fingerprint density at radius 3 is 2.73 bits per heavy atom. The fraction of sp³-hybridized carbons (Fsp3) is 0.389. The van der Waals surface area contributed by atoms with Gasteiger partial charge < -0.3 is 10.2 Å². The number of benzene rings is 1. The summed E-state index contributed by atoms with van der Waals surface area (Å²) in [6.07, 6.45) is 4.75. The molecule has 0 atom stereocenters. The molecule has 3 rings (SSSR count). The van der Waals surface area contributed by atoms with Gasteiger partial charge in [0.2, 0.25) is 0 Å². The Balaban J connectivity index is 1.50. The molecule has 1 aromatic carbocycles. The first kappa shape index (κ1) is 18.6. The third-order valence-electron chi connectivity index (χ3n) is 4.58. The van der Waals surface area contributed by atoms with Gasteiger partial charge in [-0.1, -0.05) is 15.9 Å². The van der Waals surface area contributed by atoms with E-state index in [9.17, 15) is 14.0 Å². The summed E-state index contributed by atoms with van der Waals surface area (Å²) < 4.78 is 16.2. The molecule has 1 aromatic heterocycles. The zero-order chi connectivity index (χ0) is 18.7. The second-order valence-corrected chi connectivity index (χ2v) is 7.39. The van der Waals surface area contributed by atoms with Crippen LogP contribution in [-0.2, 0) is 7.05 Å². The van der Waals surface area contributed by atoms with E-state index in [1.165, 1.54) is 18.3 Å². The third kappa shape index (κ3) is 4.30. The molecule has 26 heavy (non-hydrogen) atoms. The first-order valence-corrected chi connectivity index (χ1v) is 9.24. The van der Waals surface area contributed by atoms with Crippen molar-refractivity contribution in [3.8, 4) is 0 Å². The minimum atomic E-state index is -0.510. The molecule has 6 nitrogen and oxygen atoms in total. The summed E-state index contributed by atoms with van der Waals surface area (Å²) in [5, 5.41) is 6.89. The number of nitrogens with one attached hydrogen (secondary N) is 1. The lowest BCUT2D eigenvalue weighted by atomic mass is 9.96. The van der Waals surface area contributed by atoms with Crippen LogP contribution >= 0.6 is 15.9 Å². The van der Waals surface area contributed by atoms with Crippen LogP contribution in [0.4, 0.5) is 4.39 Å². The van der Waals surface area contributed by atoms with Gasteiger partial charge in [0, 0.05) is 37.4 Å². The van der Waals surface area contributed by atoms with Crippen molar-refractivity contribution in [2.75, 3.05) is 19.6 Å². The molecule has 0 bridgehead atoms. The second kappa shape index (κ2) is 7.99. The molecule has 0 spiro atoms. The summed E-state index contributed by atoms with van der Waals surface area (Å²) in [6, 6.07) is 4.37. The summed E-state index contributed by atoms with van der Waals surface area (Å²) in [5.41, 5.74) is 0.618. The van der Waals surface area contributed by atoms with E-state index >= 15 is 0 Å². The predicted octanol–water partition coefficient (Wildman–Crippen LogP) is 2.60. The molecule has 2 heterocycles. The molecule has 1 saturated heterocycles. The van der Waals surface area contributed by atoms with Crippen LogP contribution in [0.25, 0.3) is 0 Å². The molecule has 1 N–H and O–H groups in total. The highest BCUT2D eigenvalue weighted by atomic mass is 79.9. The Bertz CT molecular complexity index is 815. The zero-order valence-corrected chi connectivity index (χ0v) is 16.0. The van der Waals surface area contributed by atoms with Gasteiger partial charge in [-0.2, -0.15) is 5.10 Å². The monoisotopic (exact) mass is 422 g/mol. The number of halogens is 2. The van der Waals surface area contributed by atoms with Crippen molar-refractivity contribution >= 4 is 27.7 Å². The van der Waals surface area contributed by atoms with Crippen molar-refractivity contribution in [2.24, 2.45) is 13.0 Å². The lowest BCUT2D eigenvalue weighted by Gasteiger charge is -2.32. The Kier molecular flexibility index (Phi) is 5.70. The van der Waals surface area contributed by atoms with E-state index in [1.807, 2.05) is 0 Å². The molecule has 0 aliphatic carbocycles. The zero-order valence-electron chi connectivity index (χ0n) is 14.4. The minimum Gasteiger partial charge on any atom is -0.352 e. The number of aryl methyl sites for hydroxylation is 1. The van der Waals surface area contributed by atoms with E-state index in [4.69, 9.17) is 0 Å². The van der Waals surface area contributed by atoms with Gasteiger partial charge in [0.1, 0.15) is 5.82 Å². The van der Waals surface area contributed by atoms with E-state index in [0.717, 1.165) is 12.8 Å². The quantitative estimate of drug-likeness (QED) is 0.823. The van der Waals surface area contributed by atoms with Gasteiger partial charge in [-0.15, -0.1) is 0 Å². The van der Waals surface area contributed by atoms with Gasteiger partial charge in [0.15, 0.2) is 0 Å². The van der Waals surface area contributed by atoms with Gasteiger partial charge in [-0.05, 0) is 37.0 Å². The molecule has 2 aromatic rings. The highest BCUT2D eigenvalue weighted by Gasteiger charge is 2.25. The van der Waals surface area contributed by atoms with Crippen LogP contribution < -0.4 is 5.32 Å². The molecule has 1 aliphatic rings. The van der Waals surface area contributed by atoms with E-state index in [2.05, 4.69) is 26.3 Å². The number of carbonyl (C=O) groups excluding carboxylic acids is 2. The minimum absolute atomic E-state index is 0.0858. The molecule has 0 radical (unpaired) electrons. The van der Waals surface area contributed by atoms with Crippen molar-refractivity contribution in [1.82, 2.24) is 20.0 Å². The SMILES string of the molecule is Cn1cc(C(=O)NCC2CCN(C(=O)c3cc(Br)ccc3F)CC2)cn1. The summed E-state index contributed by atoms with van der Waals surface area (Å²) >= 11 is 3.27. The summed E-state index contributed by atoms with van der Waals surface area (Å²) in [5.74, 6) is -0.648. The number of likely N-dealkylation sites (tertiary alicyclic amines) is 1. The Morgan fingerprint density at radius 2 is 2.08 bits per heavy atom. The number of nitrogens with zero attached hydrogens (tertiary/aromatic N) is 3. The molecule has 0 unspecified atom stereocenters. The second-order valence-electron chi connectivity index (χ2n) is 6.47. The Hall–Kier alpha value is -2.22. The van der Waals surface area contributed by atoms with Crippen LogP contribution in [0.5, 0.6) is 0 Å². The highest BCUT2D eigenvalue weighted by Crippen LogP contribution is 2.22. The molecular formula is C18H20BrFN4O2. The molecule has 138 valence electrons. The lowest BCUT2D eigenvalue weighted by molar-refractivity contribution is 0.0679. The van der Waals surface area contributed by atoms with Gasteiger partial charge in [0.25, 0.3) is 11.8 Å². The number of aromatic nitrogens is 2. The number of carbonyl (C=O) groups is 2. The fourth-order valence-electron chi connectivity index (χ4n) is 3.05. The van der Waals surface area contributed by atoms with Crippen molar-refractivity contribution in [2.45, 2.75) is 12.8 Å². The normalized spacial score (nSPS) is 15.1. The molecule has 8 heteroatoms. The van der Waals surface area contributed by atoms with Crippen LogP contribution in [0.1, 0.15) is 33.6 Å². The number of piperidine rings is 1. The number of hydrogen-bond acceptors (Lipinski definition) is 3. The summed E-state index contributed by atoms with van der Waals surface area (Å²) in [4.78, 5) is 26.2. The van der Waals surface area contributed by atoms with E-state index in [0.29, 0.717) is 35.6 Å². The molecule has 0 saturated carbocycles. The Morgan fingerprint density at radius 1 is 1.35 bits per heavy atom. The summed E-state index contributed by atoms with van der Waals surface area (Å²) in [6.45, 7) is 1.66. The summed E-state index contributed by atoms with van der Waals surface area (Å²) in [7, 11) is 1.76. The van der Waals surface area contributed by atoms with Gasteiger partial charge in [-0.25, -0.2) is 4.39 Å². The fourth-order valence-corrected chi connectivity index (χ4v) is 3.41. The van der Waals surface area contributed by atoms with Gasteiger partial charge >= 0.3 is 0 Å². The van der Waals surface area contributed by atoms with Crippen molar-refractivity contribution in [3.05, 3.63) is 52.0 Å². The van der Waals surface area contributed by atoms with E-state index in [-0.39, 0.29) is 17.4 Å². The van der Waals surface area contributed by atoms with Crippen molar-refractivity contribution in [1.29, 1.82) is 0 Å². The van der Waals surface area contributed by atoms with Crippen molar-refractivity contribution < 1.29 is 14.0 Å². The average molecular weight is 423 g/mol.